The first kappa shape index (κ1) is 18.1. The first-order valence-corrected chi connectivity index (χ1v) is 9.73. The number of benzene rings is 1. The lowest BCUT2D eigenvalue weighted by Gasteiger charge is -2.31. The summed E-state index contributed by atoms with van der Waals surface area (Å²) in [5.41, 5.74) is 1.82. The van der Waals surface area contributed by atoms with Crippen LogP contribution in [0.1, 0.15) is 63.1 Å². The Morgan fingerprint density at radius 3 is 2.63 bits per heavy atom. The Morgan fingerprint density at radius 2 is 1.96 bits per heavy atom. The molecule has 5 heteroatoms. The zero-order chi connectivity index (χ0) is 19.3. The Kier molecular flexibility index (Phi) is 4.30. The number of phenolic OH excluding ortho intramolecular Hbond substituents is 1. The molecule has 0 radical (unpaired) electrons. The van der Waals surface area contributed by atoms with E-state index in [9.17, 15) is 9.90 Å². The molecule has 1 N–H and O–H groups in total. The molecule has 0 atom stereocenters. The van der Waals surface area contributed by atoms with Gasteiger partial charge < -0.3 is 14.3 Å². The minimum absolute atomic E-state index is 0.127. The highest BCUT2D eigenvalue weighted by Gasteiger charge is 2.31. The maximum Gasteiger partial charge on any atom is 0.336 e. The molecule has 144 valence electrons. The van der Waals surface area contributed by atoms with Gasteiger partial charge in [0, 0.05) is 12.6 Å². The van der Waals surface area contributed by atoms with Gasteiger partial charge in [-0.25, -0.2) is 4.79 Å². The zero-order valence-corrected chi connectivity index (χ0v) is 16.5. The number of rotatable bonds is 3. The summed E-state index contributed by atoms with van der Waals surface area (Å²) in [7, 11) is 0. The number of likely N-dealkylation sites (tertiary alicyclic amines) is 1. The molecule has 5 nitrogen and oxygen atoms in total. The van der Waals surface area contributed by atoms with Gasteiger partial charge in [0.2, 0.25) is 0 Å². The lowest BCUT2D eigenvalue weighted by atomic mass is 9.91. The van der Waals surface area contributed by atoms with Gasteiger partial charge in [-0.3, -0.25) is 4.90 Å². The summed E-state index contributed by atoms with van der Waals surface area (Å²) < 4.78 is 11.9. The smallest absolute Gasteiger partial charge is 0.336 e. The molecule has 0 aliphatic carbocycles. The van der Waals surface area contributed by atoms with E-state index in [4.69, 9.17) is 9.15 Å². The van der Waals surface area contributed by atoms with Crippen molar-refractivity contribution in [3.8, 4) is 11.5 Å². The molecule has 1 fully saturated rings. The average Bonchev–Trinajstić information content (AvgIpc) is 3.10. The average molecular weight is 369 g/mol. The van der Waals surface area contributed by atoms with Crippen molar-refractivity contribution in [3.05, 3.63) is 39.3 Å². The van der Waals surface area contributed by atoms with E-state index in [2.05, 4.69) is 18.7 Å². The van der Waals surface area contributed by atoms with E-state index in [0.717, 1.165) is 36.9 Å². The van der Waals surface area contributed by atoms with E-state index < -0.39 is 5.60 Å². The number of phenols is 1. The topological polar surface area (TPSA) is 62.9 Å². The van der Waals surface area contributed by atoms with Crippen molar-refractivity contribution in [2.75, 3.05) is 13.1 Å². The van der Waals surface area contributed by atoms with Crippen LogP contribution in [0.15, 0.2) is 21.4 Å². The van der Waals surface area contributed by atoms with Gasteiger partial charge in [-0.2, -0.15) is 0 Å². The van der Waals surface area contributed by atoms with Gasteiger partial charge in [0.05, 0.1) is 16.5 Å². The summed E-state index contributed by atoms with van der Waals surface area (Å²) in [6, 6.07) is 1.55. The number of nitrogens with zero attached hydrogens (tertiary/aromatic N) is 1. The highest BCUT2D eigenvalue weighted by Crippen LogP contribution is 2.47. The van der Waals surface area contributed by atoms with Crippen LogP contribution in [0.2, 0.25) is 0 Å². The van der Waals surface area contributed by atoms with Crippen molar-refractivity contribution in [1.29, 1.82) is 0 Å². The summed E-state index contributed by atoms with van der Waals surface area (Å²) in [5, 5.41) is 11.9. The van der Waals surface area contributed by atoms with Gasteiger partial charge in [0.1, 0.15) is 17.1 Å². The van der Waals surface area contributed by atoms with E-state index in [1.807, 2.05) is 26.0 Å². The highest BCUT2D eigenvalue weighted by atomic mass is 16.5. The van der Waals surface area contributed by atoms with Crippen LogP contribution in [0, 0.1) is 0 Å². The second-order valence-electron chi connectivity index (χ2n) is 8.47. The van der Waals surface area contributed by atoms with Crippen molar-refractivity contribution < 1.29 is 14.3 Å². The Morgan fingerprint density at radius 1 is 1.26 bits per heavy atom. The summed E-state index contributed by atoms with van der Waals surface area (Å²) in [6.45, 7) is 10.6. The maximum atomic E-state index is 12.3. The summed E-state index contributed by atoms with van der Waals surface area (Å²) >= 11 is 0. The lowest BCUT2D eigenvalue weighted by molar-refractivity contribution is 0.160. The Balaban J connectivity index is 2.05. The van der Waals surface area contributed by atoms with Crippen molar-refractivity contribution >= 4 is 17.0 Å². The molecular formula is C22H27NO4. The van der Waals surface area contributed by atoms with Crippen LogP contribution in [-0.4, -0.2) is 28.7 Å². The number of ether oxygens (including phenoxy) is 1. The molecule has 2 aromatic rings. The lowest BCUT2D eigenvalue weighted by Crippen LogP contribution is -2.28. The third-order valence-corrected chi connectivity index (χ3v) is 5.50. The van der Waals surface area contributed by atoms with Crippen LogP contribution in [0.25, 0.3) is 17.0 Å². The number of aromatic hydroxyl groups is 1. The fraction of sp³-hybridized carbons (Fsp3) is 0.500. The van der Waals surface area contributed by atoms with Crippen LogP contribution >= 0.6 is 0 Å². The molecule has 1 aromatic carbocycles. The minimum Gasteiger partial charge on any atom is -0.507 e. The van der Waals surface area contributed by atoms with Gasteiger partial charge in [0.25, 0.3) is 0 Å². The van der Waals surface area contributed by atoms with Crippen molar-refractivity contribution in [2.45, 2.75) is 58.6 Å². The van der Waals surface area contributed by atoms with Crippen molar-refractivity contribution in [2.24, 2.45) is 0 Å². The third-order valence-electron chi connectivity index (χ3n) is 5.50. The van der Waals surface area contributed by atoms with E-state index in [0.29, 0.717) is 29.0 Å². The van der Waals surface area contributed by atoms with Crippen LogP contribution in [0.3, 0.4) is 0 Å². The monoisotopic (exact) mass is 369 g/mol. The maximum absolute atomic E-state index is 12.3. The molecular weight excluding hydrogens is 342 g/mol. The molecule has 0 unspecified atom stereocenters. The van der Waals surface area contributed by atoms with Crippen LogP contribution in [0.5, 0.6) is 11.5 Å². The van der Waals surface area contributed by atoms with E-state index >= 15 is 0 Å². The van der Waals surface area contributed by atoms with E-state index in [1.165, 1.54) is 0 Å². The molecule has 2 aliphatic rings. The largest absolute Gasteiger partial charge is 0.507 e. The summed E-state index contributed by atoms with van der Waals surface area (Å²) in [5.74, 6) is 0.885. The van der Waals surface area contributed by atoms with Crippen LogP contribution in [-0.2, 0) is 6.54 Å². The molecule has 27 heavy (non-hydrogen) atoms. The normalized spacial score (nSPS) is 18.9. The summed E-state index contributed by atoms with van der Waals surface area (Å²) in [6.07, 6.45) is 6.19. The molecule has 0 saturated carbocycles. The Bertz CT molecular complexity index is 978. The van der Waals surface area contributed by atoms with Gasteiger partial charge in [-0.1, -0.05) is 13.8 Å². The first-order chi connectivity index (χ1) is 12.8. The second-order valence-corrected chi connectivity index (χ2v) is 8.47. The Labute approximate surface area is 159 Å². The molecule has 3 heterocycles. The van der Waals surface area contributed by atoms with Crippen LogP contribution < -0.4 is 10.4 Å². The van der Waals surface area contributed by atoms with Crippen molar-refractivity contribution in [1.82, 2.24) is 4.90 Å². The second kappa shape index (κ2) is 6.41. The van der Waals surface area contributed by atoms with Crippen molar-refractivity contribution in [3.63, 3.8) is 0 Å². The number of hydrogen-bond donors (Lipinski definition) is 1. The predicted molar refractivity (Wildman–Crippen MR) is 106 cm³/mol. The minimum atomic E-state index is -0.493. The molecule has 1 saturated heterocycles. The molecule has 4 rings (SSSR count). The fourth-order valence-corrected chi connectivity index (χ4v) is 4.08. The van der Waals surface area contributed by atoms with Gasteiger partial charge >= 0.3 is 5.63 Å². The molecule has 0 bridgehead atoms. The summed E-state index contributed by atoms with van der Waals surface area (Å²) in [4.78, 5) is 14.6. The molecule has 0 amide bonds. The van der Waals surface area contributed by atoms with E-state index in [-0.39, 0.29) is 17.3 Å². The van der Waals surface area contributed by atoms with Gasteiger partial charge in [-0.15, -0.1) is 0 Å². The quantitative estimate of drug-likeness (QED) is 0.813. The number of hydrogen-bond acceptors (Lipinski definition) is 5. The zero-order valence-electron chi connectivity index (χ0n) is 16.5. The van der Waals surface area contributed by atoms with Crippen LogP contribution in [0.4, 0.5) is 0 Å². The first-order valence-electron chi connectivity index (χ1n) is 9.73. The SMILES string of the molecule is CC(C)c1cc(=O)oc2c(CN3CCCC3)c(O)c3c(c12)OC(C)(C)C=C3. The fourth-order valence-electron chi connectivity index (χ4n) is 4.08. The number of fused-ring (bicyclic) bond motifs is 3. The van der Waals surface area contributed by atoms with Gasteiger partial charge in [-0.05, 0) is 63.4 Å². The highest BCUT2D eigenvalue weighted by molar-refractivity contribution is 5.96. The molecule has 0 spiro atoms. The van der Waals surface area contributed by atoms with Gasteiger partial charge in [0.15, 0.2) is 5.58 Å². The molecule has 1 aromatic heterocycles. The molecule has 2 aliphatic heterocycles. The predicted octanol–water partition coefficient (Wildman–Crippen LogP) is 4.40. The third kappa shape index (κ3) is 3.14. The van der Waals surface area contributed by atoms with E-state index in [1.54, 1.807) is 6.07 Å². The Hall–Kier alpha value is -2.27. The standard InChI is InChI=1S/C22H27NO4/c1-13(2)15-11-17(24)26-20-16(12-23-9-5-6-10-23)19(25)14-7-8-22(3,4)27-21(14)18(15)20/h7-8,11,13,25H,5-6,9-10,12H2,1-4H3.